The molecule has 0 bridgehead atoms. The van der Waals surface area contributed by atoms with Gasteiger partial charge in [0.05, 0.1) is 10.8 Å². The number of carbonyl (C=O) groups excluding carboxylic acids is 1. The van der Waals surface area contributed by atoms with E-state index in [2.05, 4.69) is 21.6 Å². The van der Waals surface area contributed by atoms with E-state index >= 15 is 0 Å². The third kappa shape index (κ3) is 4.26. The molecule has 2 rings (SSSR count). The van der Waals surface area contributed by atoms with Crippen molar-refractivity contribution in [3.05, 3.63) is 18.0 Å². The fourth-order valence-electron chi connectivity index (χ4n) is 2.28. The minimum absolute atomic E-state index is 0.104. The van der Waals surface area contributed by atoms with Gasteiger partial charge in [0.15, 0.2) is 0 Å². The van der Waals surface area contributed by atoms with E-state index in [1.807, 2.05) is 0 Å². The highest BCUT2D eigenvalue weighted by Gasteiger charge is 2.11. The molecule has 1 amide bonds. The molecule has 6 nitrogen and oxygen atoms in total. The lowest BCUT2D eigenvalue weighted by molar-refractivity contribution is -0.121. The van der Waals surface area contributed by atoms with Crippen LogP contribution >= 0.6 is 0 Å². The Morgan fingerprint density at radius 1 is 1.50 bits per heavy atom. The molecule has 0 fully saturated rings. The van der Waals surface area contributed by atoms with Gasteiger partial charge in [-0.1, -0.05) is 11.6 Å². The molecular weight excluding hydrogens is 276 g/mol. The Labute approximate surface area is 121 Å². The van der Waals surface area contributed by atoms with Crippen molar-refractivity contribution in [1.29, 1.82) is 0 Å². The van der Waals surface area contributed by atoms with Gasteiger partial charge in [-0.15, -0.1) is 10.2 Å². The van der Waals surface area contributed by atoms with Crippen molar-refractivity contribution in [3.8, 4) is 0 Å². The van der Waals surface area contributed by atoms with Crippen molar-refractivity contribution in [2.24, 2.45) is 0 Å². The summed E-state index contributed by atoms with van der Waals surface area (Å²) in [5.41, 5.74) is 1.44. The topological polar surface area (TPSA) is 76.9 Å². The van der Waals surface area contributed by atoms with Crippen molar-refractivity contribution in [1.82, 2.24) is 20.1 Å². The van der Waals surface area contributed by atoms with Gasteiger partial charge in [-0.2, -0.15) is 0 Å². The van der Waals surface area contributed by atoms with Gasteiger partial charge in [0.25, 0.3) is 0 Å². The summed E-state index contributed by atoms with van der Waals surface area (Å²) in [6, 6.07) is 0. The Morgan fingerprint density at radius 3 is 3.05 bits per heavy atom. The van der Waals surface area contributed by atoms with Gasteiger partial charge in [-0.25, -0.2) is 0 Å². The van der Waals surface area contributed by atoms with Crippen molar-refractivity contribution < 1.29 is 9.00 Å². The molecule has 1 aromatic heterocycles. The monoisotopic (exact) mass is 296 g/mol. The highest BCUT2D eigenvalue weighted by Crippen LogP contribution is 2.19. The van der Waals surface area contributed by atoms with E-state index in [9.17, 15) is 9.00 Å². The number of hydrogen-bond donors (Lipinski definition) is 1. The van der Waals surface area contributed by atoms with Crippen LogP contribution in [0.4, 0.5) is 0 Å². The largest absolute Gasteiger partial charge is 0.354 e. The first-order valence-corrected chi connectivity index (χ1v) is 8.38. The van der Waals surface area contributed by atoms with E-state index in [-0.39, 0.29) is 12.5 Å². The summed E-state index contributed by atoms with van der Waals surface area (Å²) in [7, 11) is -1.24. The number of nitrogens with one attached hydrogen (secondary N) is 1. The van der Waals surface area contributed by atoms with Gasteiger partial charge < -0.3 is 5.32 Å². The molecule has 1 heterocycles. The van der Waals surface area contributed by atoms with Gasteiger partial charge in [0, 0.05) is 12.8 Å². The smallest absolute Gasteiger partial charge is 0.240 e. The van der Waals surface area contributed by atoms with Crippen LogP contribution in [-0.4, -0.2) is 37.7 Å². The van der Waals surface area contributed by atoms with Crippen LogP contribution in [0.5, 0.6) is 0 Å². The minimum atomic E-state index is -1.24. The first-order chi connectivity index (χ1) is 9.66. The SMILES string of the molecule is C[S@](=O)c1nncn1CC(=O)NCCC1=CCCCC1. The van der Waals surface area contributed by atoms with Crippen molar-refractivity contribution in [2.45, 2.75) is 43.8 Å². The van der Waals surface area contributed by atoms with Crippen LogP contribution in [-0.2, 0) is 22.1 Å². The van der Waals surface area contributed by atoms with Crippen LogP contribution in [0.15, 0.2) is 23.1 Å². The second-order valence-corrected chi connectivity index (χ2v) is 6.18. The van der Waals surface area contributed by atoms with Crippen LogP contribution in [0, 0.1) is 0 Å². The zero-order valence-corrected chi connectivity index (χ0v) is 12.5. The molecule has 0 aliphatic heterocycles. The third-order valence-corrected chi connectivity index (χ3v) is 4.13. The van der Waals surface area contributed by atoms with Gasteiger partial charge >= 0.3 is 0 Å². The molecule has 1 N–H and O–H groups in total. The summed E-state index contributed by atoms with van der Waals surface area (Å²) in [5, 5.41) is 10.6. The first kappa shape index (κ1) is 14.9. The molecule has 0 saturated carbocycles. The second kappa shape index (κ2) is 7.33. The van der Waals surface area contributed by atoms with Crippen LogP contribution < -0.4 is 5.32 Å². The fourth-order valence-corrected chi connectivity index (χ4v) is 2.88. The molecule has 1 aliphatic carbocycles. The van der Waals surface area contributed by atoms with Crippen molar-refractivity contribution in [2.75, 3.05) is 12.8 Å². The highest BCUT2D eigenvalue weighted by molar-refractivity contribution is 7.84. The lowest BCUT2D eigenvalue weighted by Crippen LogP contribution is -2.29. The molecule has 0 saturated heterocycles. The molecule has 0 aromatic carbocycles. The van der Waals surface area contributed by atoms with Gasteiger partial charge in [-0.05, 0) is 32.1 Å². The normalized spacial score (nSPS) is 16.6. The Kier molecular flexibility index (Phi) is 5.46. The summed E-state index contributed by atoms with van der Waals surface area (Å²) in [5.74, 6) is -0.104. The molecule has 0 spiro atoms. The number of rotatable bonds is 6. The maximum absolute atomic E-state index is 11.8. The number of nitrogens with zero attached hydrogens (tertiary/aromatic N) is 3. The summed E-state index contributed by atoms with van der Waals surface area (Å²) >= 11 is 0. The van der Waals surface area contributed by atoms with Gasteiger partial charge in [0.2, 0.25) is 11.1 Å². The van der Waals surface area contributed by atoms with Crippen LogP contribution in [0.2, 0.25) is 0 Å². The number of allylic oxidation sites excluding steroid dienone is 1. The molecule has 110 valence electrons. The zero-order valence-electron chi connectivity index (χ0n) is 11.7. The van der Waals surface area contributed by atoms with E-state index in [1.54, 1.807) is 0 Å². The quantitative estimate of drug-likeness (QED) is 0.795. The van der Waals surface area contributed by atoms with Crippen LogP contribution in [0.25, 0.3) is 0 Å². The van der Waals surface area contributed by atoms with Crippen LogP contribution in [0.3, 0.4) is 0 Å². The van der Waals surface area contributed by atoms with Crippen LogP contribution in [0.1, 0.15) is 32.1 Å². The molecule has 1 aliphatic rings. The van der Waals surface area contributed by atoms with E-state index in [1.165, 1.54) is 35.6 Å². The molecule has 20 heavy (non-hydrogen) atoms. The van der Waals surface area contributed by atoms with E-state index < -0.39 is 10.8 Å². The maximum Gasteiger partial charge on any atom is 0.240 e. The summed E-state index contributed by atoms with van der Waals surface area (Å²) in [6.45, 7) is 0.762. The number of carbonyl (C=O) groups is 1. The molecule has 0 unspecified atom stereocenters. The number of hydrogen-bond acceptors (Lipinski definition) is 4. The Bertz CT molecular complexity index is 524. The number of aromatic nitrogens is 3. The summed E-state index contributed by atoms with van der Waals surface area (Å²) in [6.07, 6.45) is 11.0. The predicted molar refractivity (Wildman–Crippen MR) is 76.5 cm³/mol. The minimum Gasteiger partial charge on any atom is -0.354 e. The summed E-state index contributed by atoms with van der Waals surface area (Å²) < 4.78 is 12.9. The fraction of sp³-hybridized carbons (Fsp3) is 0.615. The average Bonchev–Trinajstić information content (AvgIpc) is 2.88. The first-order valence-electron chi connectivity index (χ1n) is 6.82. The standard InChI is InChI=1S/C13H20N4O2S/c1-20(19)13-16-15-10-17(13)9-12(18)14-8-7-11-5-3-2-4-6-11/h5,10H,2-4,6-9H2,1H3,(H,14,18)/t20-/m0/s1. The Hall–Kier alpha value is -1.50. The maximum atomic E-state index is 11.8. The van der Waals surface area contributed by atoms with Crippen molar-refractivity contribution in [3.63, 3.8) is 0 Å². The Morgan fingerprint density at radius 2 is 2.35 bits per heavy atom. The van der Waals surface area contributed by atoms with Gasteiger partial charge in [0.1, 0.15) is 12.9 Å². The Balaban J connectivity index is 1.76. The predicted octanol–water partition coefficient (Wildman–Crippen LogP) is 1.02. The molecular formula is C13H20N4O2S. The lowest BCUT2D eigenvalue weighted by atomic mass is 9.97. The average molecular weight is 296 g/mol. The lowest BCUT2D eigenvalue weighted by Gasteiger charge is -2.13. The zero-order chi connectivity index (χ0) is 14.4. The molecule has 0 radical (unpaired) electrons. The summed E-state index contributed by atoms with van der Waals surface area (Å²) in [4.78, 5) is 11.8. The number of amides is 1. The molecule has 1 atom stereocenters. The molecule has 7 heteroatoms. The van der Waals surface area contributed by atoms with E-state index in [0.717, 1.165) is 19.3 Å². The highest BCUT2D eigenvalue weighted by atomic mass is 32.2. The van der Waals surface area contributed by atoms with E-state index in [0.29, 0.717) is 11.7 Å². The van der Waals surface area contributed by atoms with Crippen molar-refractivity contribution >= 4 is 16.7 Å². The molecule has 1 aromatic rings. The van der Waals surface area contributed by atoms with Gasteiger partial charge in [-0.3, -0.25) is 13.6 Å². The van der Waals surface area contributed by atoms with E-state index in [4.69, 9.17) is 0 Å². The third-order valence-electron chi connectivity index (χ3n) is 3.30. The second-order valence-electron chi connectivity index (χ2n) is 4.90.